The fraction of sp³-hybridized carbons (Fsp3) is 0.458. The molecule has 5 rings (SSSR count). The topological polar surface area (TPSA) is 101 Å². The molecule has 4 aromatic rings. The summed E-state index contributed by atoms with van der Waals surface area (Å²) in [6.45, 7) is 1.80. The SMILES string of the molecule is Cc1nc2ccc(-c3c[nH]c4nc(NC5CCC(OCCO)CC5)ncc34)cc2n1CC(F)F. The highest BCUT2D eigenvalue weighted by molar-refractivity contribution is 5.95. The van der Waals surface area contributed by atoms with Gasteiger partial charge in [0.15, 0.2) is 0 Å². The number of nitrogens with one attached hydrogen (secondary N) is 2. The number of aliphatic hydroxyl groups is 1. The summed E-state index contributed by atoms with van der Waals surface area (Å²) in [5, 5.41) is 13.2. The molecule has 3 aromatic heterocycles. The molecule has 0 amide bonds. The average molecular weight is 471 g/mol. The molecule has 1 aromatic carbocycles. The number of ether oxygens (including phenoxy) is 1. The van der Waals surface area contributed by atoms with Crippen LogP contribution < -0.4 is 5.32 Å². The first-order valence-electron chi connectivity index (χ1n) is 11.6. The van der Waals surface area contributed by atoms with E-state index in [1.807, 2.05) is 24.4 Å². The van der Waals surface area contributed by atoms with Crippen molar-refractivity contribution in [3.8, 4) is 11.1 Å². The van der Waals surface area contributed by atoms with E-state index in [0.717, 1.165) is 42.2 Å². The number of aliphatic hydroxyl groups excluding tert-OH is 1. The number of aromatic nitrogens is 5. The van der Waals surface area contributed by atoms with Crippen LogP contribution in [0, 0.1) is 6.92 Å². The van der Waals surface area contributed by atoms with Crippen LogP contribution in [0.3, 0.4) is 0 Å². The predicted molar refractivity (Wildman–Crippen MR) is 126 cm³/mol. The van der Waals surface area contributed by atoms with Crippen molar-refractivity contribution < 1.29 is 18.6 Å². The quantitative estimate of drug-likeness (QED) is 0.355. The average Bonchev–Trinajstić information content (AvgIpc) is 3.38. The zero-order valence-electron chi connectivity index (χ0n) is 19.0. The minimum Gasteiger partial charge on any atom is -0.394 e. The number of rotatable bonds is 8. The van der Waals surface area contributed by atoms with Crippen molar-refractivity contribution in [1.29, 1.82) is 0 Å². The lowest BCUT2D eigenvalue weighted by atomic mass is 9.93. The minimum absolute atomic E-state index is 0.0526. The number of hydrogen-bond donors (Lipinski definition) is 3. The van der Waals surface area contributed by atoms with Crippen LogP contribution in [0.25, 0.3) is 33.2 Å². The number of anilines is 1. The summed E-state index contributed by atoms with van der Waals surface area (Å²) in [7, 11) is 0. The van der Waals surface area contributed by atoms with Gasteiger partial charge in [0.25, 0.3) is 6.43 Å². The third-order valence-corrected chi connectivity index (χ3v) is 6.46. The van der Waals surface area contributed by atoms with E-state index < -0.39 is 6.43 Å². The standard InChI is InChI=1S/C24H28F2N6O2/c1-14-29-20-7-2-15(10-21(20)32(14)13-22(25)26)18-11-27-23-19(18)12-28-24(31-23)30-16-3-5-17(6-4-16)34-9-8-33/h2,7,10-12,16-17,22,33H,3-6,8-9,13H2,1H3,(H2,27,28,30,31). The number of alkyl halides is 2. The Kier molecular flexibility index (Phi) is 6.42. The van der Waals surface area contributed by atoms with Crippen LogP contribution in [-0.4, -0.2) is 61.4 Å². The molecule has 0 atom stereocenters. The number of aryl methyl sites for hydroxylation is 1. The summed E-state index contributed by atoms with van der Waals surface area (Å²) in [6.07, 6.45) is 5.21. The fourth-order valence-electron chi connectivity index (χ4n) is 4.77. The van der Waals surface area contributed by atoms with Crippen molar-refractivity contribution in [2.24, 2.45) is 0 Å². The van der Waals surface area contributed by atoms with Crippen molar-refractivity contribution in [3.63, 3.8) is 0 Å². The van der Waals surface area contributed by atoms with E-state index in [2.05, 4.69) is 25.3 Å². The molecule has 3 heterocycles. The van der Waals surface area contributed by atoms with Gasteiger partial charge in [0.1, 0.15) is 11.5 Å². The molecule has 0 radical (unpaired) electrons. The molecule has 1 saturated carbocycles. The largest absolute Gasteiger partial charge is 0.394 e. The first-order valence-corrected chi connectivity index (χ1v) is 11.6. The van der Waals surface area contributed by atoms with Gasteiger partial charge in [0.2, 0.25) is 5.95 Å². The maximum absolute atomic E-state index is 13.1. The number of halogens is 2. The summed E-state index contributed by atoms with van der Waals surface area (Å²) in [5.74, 6) is 1.14. The van der Waals surface area contributed by atoms with Gasteiger partial charge in [-0.05, 0) is 50.3 Å². The highest BCUT2D eigenvalue weighted by atomic mass is 19.3. The van der Waals surface area contributed by atoms with Gasteiger partial charge >= 0.3 is 0 Å². The zero-order valence-corrected chi connectivity index (χ0v) is 19.0. The van der Waals surface area contributed by atoms with Gasteiger partial charge < -0.3 is 24.7 Å². The van der Waals surface area contributed by atoms with E-state index >= 15 is 0 Å². The van der Waals surface area contributed by atoms with E-state index in [9.17, 15) is 8.78 Å². The molecule has 0 spiro atoms. The summed E-state index contributed by atoms with van der Waals surface area (Å²) >= 11 is 0. The van der Waals surface area contributed by atoms with Gasteiger partial charge in [-0.3, -0.25) is 0 Å². The molecule has 0 aliphatic heterocycles. The van der Waals surface area contributed by atoms with E-state index in [1.54, 1.807) is 17.7 Å². The molecule has 3 N–H and O–H groups in total. The smallest absolute Gasteiger partial charge is 0.256 e. The van der Waals surface area contributed by atoms with Gasteiger partial charge in [-0.15, -0.1) is 0 Å². The Labute approximate surface area is 195 Å². The Balaban J connectivity index is 1.35. The molecule has 1 fully saturated rings. The lowest BCUT2D eigenvalue weighted by molar-refractivity contribution is 0.00719. The highest BCUT2D eigenvalue weighted by Crippen LogP contribution is 2.31. The van der Waals surface area contributed by atoms with Crippen molar-refractivity contribution >= 4 is 28.0 Å². The molecular formula is C24H28F2N6O2. The van der Waals surface area contributed by atoms with Gasteiger partial charge in [0, 0.05) is 29.4 Å². The Hall–Kier alpha value is -3.11. The number of nitrogens with zero attached hydrogens (tertiary/aromatic N) is 4. The number of aromatic amines is 1. The van der Waals surface area contributed by atoms with E-state index in [1.165, 1.54) is 0 Å². The van der Waals surface area contributed by atoms with Crippen LogP contribution in [0.1, 0.15) is 31.5 Å². The van der Waals surface area contributed by atoms with Gasteiger partial charge in [-0.1, -0.05) is 6.07 Å². The van der Waals surface area contributed by atoms with Crippen molar-refractivity contribution in [3.05, 3.63) is 36.4 Å². The van der Waals surface area contributed by atoms with Crippen molar-refractivity contribution in [1.82, 2.24) is 24.5 Å². The number of hydrogen-bond acceptors (Lipinski definition) is 6. The zero-order chi connectivity index (χ0) is 23.7. The second-order valence-corrected chi connectivity index (χ2v) is 8.73. The molecule has 1 aliphatic rings. The first-order chi connectivity index (χ1) is 16.5. The molecule has 0 bridgehead atoms. The second-order valence-electron chi connectivity index (χ2n) is 8.73. The minimum atomic E-state index is -2.45. The molecule has 0 unspecified atom stereocenters. The lowest BCUT2D eigenvalue weighted by Crippen LogP contribution is -2.30. The van der Waals surface area contributed by atoms with Crippen LogP contribution in [0.15, 0.2) is 30.6 Å². The maximum atomic E-state index is 13.1. The monoisotopic (exact) mass is 470 g/mol. The normalized spacial score (nSPS) is 18.9. The van der Waals surface area contributed by atoms with Gasteiger partial charge in [-0.25, -0.2) is 18.7 Å². The van der Waals surface area contributed by atoms with Gasteiger partial charge in [-0.2, -0.15) is 4.98 Å². The van der Waals surface area contributed by atoms with Crippen molar-refractivity contribution in [2.45, 2.75) is 57.7 Å². The number of H-pyrrole nitrogens is 1. The number of benzene rings is 1. The van der Waals surface area contributed by atoms with E-state index in [0.29, 0.717) is 35.1 Å². The second kappa shape index (κ2) is 9.63. The Morgan fingerprint density at radius 1 is 1.24 bits per heavy atom. The molecular weight excluding hydrogens is 442 g/mol. The van der Waals surface area contributed by atoms with Crippen LogP contribution in [0.2, 0.25) is 0 Å². The van der Waals surface area contributed by atoms with Crippen LogP contribution in [-0.2, 0) is 11.3 Å². The summed E-state index contributed by atoms with van der Waals surface area (Å²) in [6, 6.07) is 5.97. The van der Waals surface area contributed by atoms with E-state index in [4.69, 9.17) is 9.84 Å². The lowest BCUT2D eigenvalue weighted by Gasteiger charge is -2.28. The summed E-state index contributed by atoms with van der Waals surface area (Å²) < 4.78 is 33.3. The van der Waals surface area contributed by atoms with Crippen LogP contribution in [0.4, 0.5) is 14.7 Å². The number of imidazole rings is 1. The van der Waals surface area contributed by atoms with Crippen LogP contribution in [0.5, 0.6) is 0 Å². The molecule has 180 valence electrons. The Morgan fingerprint density at radius 2 is 2.06 bits per heavy atom. The number of fused-ring (bicyclic) bond motifs is 2. The maximum Gasteiger partial charge on any atom is 0.256 e. The highest BCUT2D eigenvalue weighted by Gasteiger charge is 2.22. The van der Waals surface area contributed by atoms with Gasteiger partial charge in [0.05, 0.1) is 36.9 Å². The molecule has 0 saturated heterocycles. The molecule has 34 heavy (non-hydrogen) atoms. The van der Waals surface area contributed by atoms with E-state index in [-0.39, 0.29) is 25.3 Å². The molecule has 1 aliphatic carbocycles. The predicted octanol–water partition coefficient (Wildman–Crippen LogP) is 4.28. The van der Waals surface area contributed by atoms with Crippen LogP contribution >= 0.6 is 0 Å². The Morgan fingerprint density at radius 3 is 2.82 bits per heavy atom. The fourth-order valence-corrected chi connectivity index (χ4v) is 4.77. The summed E-state index contributed by atoms with van der Waals surface area (Å²) in [5.41, 5.74) is 3.89. The summed E-state index contributed by atoms with van der Waals surface area (Å²) in [4.78, 5) is 16.8. The van der Waals surface area contributed by atoms with Crippen molar-refractivity contribution in [2.75, 3.05) is 18.5 Å². The first kappa shape index (κ1) is 22.7. The molecule has 8 nitrogen and oxygen atoms in total. The third-order valence-electron chi connectivity index (χ3n) is 6.46. The third kappa shape index (κ3) is 4.60. The Bertz CT molecular complexity index is 1280. The molecule has 10 heteroatoms.